The normalized spacial score (nSPS) is 15.3. The van der Waals surface area contributed by atoms with Crippen LogP contribution < -0.4 is 4.74 Å². The van der Waals surface area contributed by atoms with Crippen LogP contribution in [0, 0.1) is 0 Å². The van der Waals surface area contributed by atoms with E-state index in [2.05, 4.69) is 6.92 Å². The van der Waals surface area contributed by atoms with Crippen molar-refractivity contribution in [2.75, 3.05) is 6.61 Å². The molecule has 27 heavy (non-hydrogen) atoms. The first kappa shape index (κ1) is 21.7. The summed E-state index contributed by atoms with van der Waals surface area (Å²) in [5.74, 6) is 0.949. The molecule has 1 aromatic rings. The van der Waals surface area contributed by atoms with Gasteiger partial charge in [0.1, 0.15) is 17.3 Å². The zero-order valence-electron chi connectivity index (χ0n) is 17.0. The maximum Gasteiger partial charge on any atom is 0.140 e. The highest BCUT2D eigenvalue weighted by Crippen LogP contribution is 2.35. The van der Waals surface area contributed by atoms with Gasteiger partial charge in [0.25, 0.3) is 0 Å². The summed E-state index contributed by atoms with van der Waals surface area (Å²) in [6.45, 7) is 2.97. The highest BCUT2D eigenvalue weighted by atomic mass is 16.5. The van der Waals surface area contributed by atoms with Crippen molar-refractivity contribution in [3.63, 3.8) is 0 Å². The van der Waals surface area contributed by atoms with E-state index < -0.39 is 0 Å². The van der Waals surface area contributed by atoms with E-state index in [1.807, 2.05) is 24.3 Å². The van der Waals surface area contributed by atoms with E-state index in [1.165, 1.54) is 57.8 Å². The number of hydrogen-bond acceptors (Lipinski definition) is 3. The number of unbranched alkanes of at least 4 members (excludes halogenated alkanes) is 9. The third-order valence-electron chi connectivity index (χ3n) is 5.46. The molecule has 0 bridgehead atoms. The molecule has 0 atom stereocenters. The average molecular weight is 373 g/mol. The summed E-state index contributed by atoms with van der Waals surface area (Å²) in [5, 5.41) is 0. The van der Waals surface area contributed by atoms with Crippen molar-refractivity contribution >= 4 is 11.6 Å². The van der Waals surface area contributed by atoms with E-state index in [1.54, 1.807) is 0 Å². The number of para-hydroxylation sites is 1. The van der Waals surface area contributed by atoms with Gasteiger partial charge in [0.15, 0.2) is 0 Å². The molecule has 1 saturated carbocycles. The summed E-state index contributed by atoms with van der Waals surface area (Å²) >= 11 is 0. The largest absolute Gasteiger partial charge is 0.493 e. The lowest BCUT2D eigenvalue weighted by Gasteiger charge is -2.22. The maximum atomic E-state index is 11.8. The molecule has 0 unspecified atom stereocenters. The first-order valence-electron chi connectivity index (χ1n) is 11.0. The molecule has 1 fully saturated rings. The second-order valence-corrected chi connectivity index (χ2v) is 7.93. The summed E-state index contributed by atoms with van der Waals surface area (Å²) in [6.07, 6.45) is 14.1. The van der Waals surface area contributed by atoms with Crippen LogP contribution in [0.3, 0.4) is 0 Å². The lowest BCUT2D eigenvalue weighted by molar-refractivity contribution is -0.130. The second kappa shape index (κ2) is 12.7. The lowest BCUT2D eigenvalue weighted by atomic mass is 9.82. The number of Topliss-reactive ketones (excluding diaryl/α,β-unsaturated/α-hetero) is 2. The Bertz CT molecular complexity index is 563. The molecular weight excluding hydrogens is 336 g/mol. The fourth-order valence-electron chi connectivity index (χ4n) is 3.93. The monoisotopic (exact) mass is 372 g/mol. The van der Waals surface area contributed by atoms with Crippen molar-refractivity contribution in [1.29, 1.82) is 0 Å². The smallest absolute Gasteiger partial charge is 0.140 e. The Morgan fingerprint density at radius 1 is 0.815 bits per heavy atom. The molecule has 150 valence electrons. The van der Waals surface area contributed by atoms with Gasteiger partial charge in [-0.05, 0) is 18.1 Å². The van der Waals surface area contributed by atoms with Gasteiger partial charge in [0.05, 0.1) is 13.0 Å². The van der Waals surface area contributed by atoms with Crippen LogP contribution in [0.1, 0.15) is 102 Å². The van der Waals surface area contributed by atoms with Gasteiger partial charge in [-0.15, -0.1) is 0 Å². The van der Waals surface area contributed by atoms with Crippen molar-refractivity contribution in [2.45, 2.75) is 96.3 Å². The van der Waals surface area contributed by atoms with Crippen molar-refractivity contribution in [3.05, 3.63) is 29.8 Å². The number of ether oxygens (including phenoxy) is 1. The molecule has 1 aliphatic carbocycles. The van der Waals surface area contributed by atoms with Crippen molar-refractivity contribution in [1.82, 2.24) is 0 Å². The van der Waals surface area contributed by atoms with Gasteiger partial charge in [-0.2, -0.15) is 0 Å². The third-order valence-corrected chi connectivity index (χ3v) is 5.46. The number of hydrogen-bond donors (Lipinski definition) is 0. The van der Waals surface area contributed by atoms with Gasteiger partial charge in [-0.3, -0.25) is 9.59 Å². The summed E-state index contributed by atoms with van der Waals surface area (Å²) in [4.78, 5) is 23.5. The van der Waals surface area contributed by atoms with Gasteiger partial charge in [-0.1, -0.05) is 82.9 Å². The minimum Gasteiger partial charge on any atom is -0.493 e. The number of ketones is 2. The predicted octanol–water partition coefficient (Wildman–Crippen LogP) is 6.39. The lowest BCUT2D eigenvalue weighted by Crippen LogP contribution is -2.21. The van der Waals surface area contributed by atoms with E-state index in [0.717, 1.165) is 17.7 Å². The first-order valence-corrected chi connectivity index (χ1v) is 11.0. The summed E-state index contributed by atoms with van der Waals surface area (Å²) in [5.41, 5.74) is 1.02. The summed E-state index contributed by atoms with van der Waals surface area (Å²) in [6, 6.07) is 7.90. The molecule has 0 heterocycles. The Labute approximate surface area is 164 Å². The van der Waals surface area contributed by atoms with Gasteiger partial charge >= 0.3 is 0 Å². The van der Waals surface area contributed by atoms with Crippen LogP contribution in [0.4, 0.5) is 0 Å². The van der Waals surface area contributed by atoms with Gasteiger partial charge in [0.2, 0.25) is 0 Å². The van der Waals surface area contributed by atoms with Crippen LogP contribution >= 0.6 is 0 Å². The molecular formula is C24H36O3. The van der Waals surface area contributed by atoms with Crippen LogP contribution in [0.25, 0.3) is 0 Å². The van der Waals surface area contributed by atoms with Crippen molar-refractivity contribution < 1.29 is 14.3 Å². The van der Waals surface area contributed by atoms with Crippen molar-refractivity contribution in [2.24, 2.45) is 0 Å². The molecule has 2 rings (SSSR count). The van der Waals surface area contributed by atoms with Crippen LogP contribution in [-0.4, -0.2) is 18.2 Å². The zero-order valence-corrected chi connectivity index (χ0v) is 17.0. The fraction of sp³-hybridized carbons (Fsp3) is 0.667. The molecule has 0 aliphatic heterocycles. The standard InChI is InChI=1S/C24H36O3/c1-2-3-4-5-6-7-8-9-10-13-16-27-24-15-12-11-14-23(24)20-17-21(25)19-22(26)18-20/h11-12,14-15,20H,2-10,13,16-19H2,1H3. The maximum absolute atomic E-state index is 11.8. The summed E-state index contributed by atoms with van der Waals surface area (Å²) in [7, 11) is 0. The topological polar surface area (TPSA) is 43.4 Å². The summed E-state index contributed by atoms with van der Waals surface area (Å²) < 4.78 is 6.01. The Balaban J connectivity index is 1.64. The molecule has 1 aliphatic rings. The Morgan fingerprint density at radius 2 is 1.37 bits per heavy atom. The van der Waals surface area contributed by atoms with E-state index >= 15 is 0 Å². The predicted molar refractivity (Wildman–Crippen MR) is 110 cm³/mol. The van der Waals surface area contributed by atoms with E-state index in [0.29, 0.717) is 19.4 Å². The number of carbonyl (C=O) groups excluding carboxylic acids is 2. The Hall–Kier alpha value is -1.64. The van der Waals surface area contributed by atoms with E-state index in [9.17, 15) is 9.59 Å². The molecule has 0 saturated heterocycles. The highest BCUT2D eigenvalue weighted by Gasteiger charge is 2.28. The van der Waals surface area contributed by atoms with Crippen molar-refractivity contribution in [3.8, 4) is 5.75 Å². The molecule has 0 N–H and O–H groups in total. The van der Waals surface area contributed by atoms with Gasteiger partial charge in [-0.25, -0.2) is 0 Å². The third kappa shape index (κ3) is 8.28. The van der Waals surface area contributed by atoms with Crippen LogP contribution in [0.15, 0.2) is 24.3 Å². The molecule has 3 nitrogen and oxygen atoms in total. The van der Waals surface area contributed by atoms with Gasteiger partial charge < -0.3 is 4.74 Å². The molecule has 0 spiro atoms. The van der Waals surface area contributed by atoms with E-state index in [-0.39, 0.29) is 23.9 Å². The molecule has 0 amide bonds. The highest BCUT2D eigenvalue weighted by molar-refractivity contribution is 6.02. The second-order valence-electron chi connectivity index (χ2n) is 7.93. The van der Waals surface area contributed by atoms with Crippen LogP contribution in [-0.2, 0) is 9.59 Å². The molecule has 3 heteroatoms. The Kier molecular flexibility index (Phi) is 10.2. The first-order chi connectivity index (χ1) is 13.2. The number of benzene rings is 1. The Morgan fingerprint density at radius 3 is 2.00 bits per heavy atom. The number of carbonyl (C=O) groups is 2. The quantitative estimate of drug-likeness (QED) is 0.297. The fourth-order valence-corrected chi connectivity index (χ4v) is 3.93. The SMILES string of the molecule is CCCCCCCCCCCCOc1ccccc1C1CC(=O)CC(=O)C1. The molecule has 1 aromatic carbocycles. The van der Waals surface area contributed by atoms with Gasteiger partial charge in [0, 0.05) is 18.8 Å². The minimum absolute atomic E-state index is 0.0114. The number of rotatable bonds is 13. The van der Waals surface area contributed by atoms with E-state index in [4.69, 9.17) is 4.74 Å². The average Bonchev–Trinajstić information content (AvgIpc) is 2.65. The zero-order chi connectivity index (χ0) is 19.3. The van der Waals surface area contributed by atoms with Crippen LogP contribution in [0.5, 0.6) is 5.75 Å². The molecule has 0 aromatic heterocycles. The van der Waals surface area contributed by atoms with Crippen LogP contribution in [0.2, 0.25) is 0 Å². The minimum atomic E-state index is -0.0114. The molecule has 0 radical (unpaired) electrons.